The molecule has 21 heavy (non-hydrogen) atoms. The predicted octanol–water partition coefficient (Wildman–Crippen LogP) is 3.01. The van der Waals surface area contributed by atoms with Crippen LogP contribution < -0.4 is 4.72 Å². The first kappa shape index (κ1) is 15.7. The highest BCUT2D eigenvalue weighted by molar-refractivity contribution is 7.91. The lowest BCUT2D eigenvalue weighted by Gasteiger charge is -2.33. The summed E-state index contributed by atoms with van der Waals surface area (Å²) in [5.74, 6) is 0.527. The molecule has 2 saturated carbocycles. The molecule has 7 heteroatoms. The summed E-state index contributed by atoms with van der Waals surface area (Å²) in [6.45, 7) is 0.0574. The molecule has 3 atom stereocenters. The van der Waals surface area contributed by atoms with Gasteiger partial charge < -0.3 is 5.11 Å². The number of nitrogens with one attached hydrogen (secondary N) is 1. The minimum Gasteiger partial charge on any atom is -0.396 e. The van der Waals surface area contributed by atoms with Crippen LogP contribution in [0, 0.1) is 11.3 Å². The molecule has 0 spiro atoms. The van der Waals surface area contributed by atoms with Crippen LogP contribution in [0.5, 0.6) is 0 Å². The summed E-state index contributed by atoms with van der Waals surface area (Å²) in [5, 5.41) is 9.88. The molecular formula is C14H20ClNO3S2. The third-order valence-electron chi connectivity index (χ3n) is 4.97. The van der Waals surface area contributed by atoms with E-state index in [2.05, 4.69) is 4.72 Å². The lowest BCUT2D eigenvalue weighted by molar-refractivity contribution is 0.0983. The van der Waals surface area contributed by atoms with Crippen molar-refractivity contribution in [2.45, 2.75) is 48.8 Å². The second kappa shape index (κ2) is 5.81. The number of halogens is 1. The first-order chi connectivity index (χ1) is 9.95. The summed E-state index contributed by atoms with van der Waals surface area (Å²) in [7, 11) is -3.55. The van der Waals surface area contributed by atoms with Gasteiger partial charge in [0, 0.05) is 11.5 Å². The summed E-state index contributed by atoms with van der Waals surface area (Å²) in [4.78, 5) is 0. The van der Waals surface area contributed by atoms with E-state index in [0.29, 0.717) is 10.3 Å². The number of aliphatic hydroxyl groups excluding tert-OH is 1. The van der Waals surface area contributed by atoms with Crippen molar-refractivity contribution in [1.82, 2.24) is 4.72 Å². The van der Waals surface area contributed by atoms with Crippen LogP contribution in [0.1, 0.15) is 38.5 Å². The van der Waals surface area contributed by atoms with E-state index in [1.807, 2.05) is 0 Å². The van der Waals surface area contributed by atoms with E-state index < -0.39 is 10.0 Å². The highest BCUT2D eigenvalue weighted by Crippen LogP contribution is 2.50. The Kier molecular flexibility index (Phi) is 4.36. The van der Waals surface area contributed by atoms with Crippen LogP contribution in [0.15, 0.2) is 16.3 Å². The lowest BCUT2D eigenvalue weighted by atomic mass is 9.79. The lowest BCUT2D eigenvalue weighted by Crippen LogP contribution is -2.46. The molecule has 2 aliphatic carbocycles. The van der Waals surface area contributed by atoms with Gasteiger partial charge in [0.25, 0.3) is 0 Å². The Hall–Kier alpha value is -0.140. The van der Waals surface area contributed by atoms with Gasteiger partial charge in [0.1, 0.15) is 4.21 Å². The molecule has 2 fully saturated rings. The highest BCUT2D eigenvalue weighted by atomic mass is 35.5. The van der Waals surface area contributed by atoms with Gasteiger partial charge in [0.15, 0.2) is 0 Å². The van der Waals surface area contributed by atoms with Crippen molar-refractivity contribution in [3.05, 3.63) is 16.5 Å². The molecule has 2 bridgehead atoms. The Morgan fingerprint density at radius 2 is 2.24 bits per heavy atom. The Bertz CT molecular complexity index is 615. The zero-order valence-corrected chi connectivity index (χ0v) is 14.1. The summed E-state index contributed by atoms with van der Waals surface area (Å²) in [6.07, 6.45) is 6.07. The van der Waals surface area contributed by atoms with Crippen LogP contribution in [0.3, 0.4) is 0 Å². The molecule has 3 unspecified atom stereocenters. The largest absolute Gasteiger partial charge is 0.396 e. The van der Waals surface area contributed by atoms with Gasteiger partial charge in [0.2, 0.25) is 10.0 Å². The molecular weight excluding hydrogens is 330 g/mol. The summed E-state index contributed by atoms with van der Waals surface area (Å²) in [6, 6.07) is 2.97. The number of rotatable bonds is 4. The normalized spacial score (nSPS) is 33.0. The van der Waals surface area contributed by atoms with E-state index in [0.717, 1.165) is 43.4 Å². The number of aliphatic hydroxyl groups is 1. The predicted molar refractivity (Wildman–Crippen MR) is 84.1 cm³/mol. The van der Waals surface area contributed by atoms with Crippen LogP contribution in [-0.4, -0.2) is 26.2 Å². The number of fused-ring (bicyclic) bond motifs is 2. The fourth-order valence-corrected chi connectivity index (χ4v) is 6.76. The van der Waals surface area contributed by atoms with Crippen LogP contribution >= 0.6 is 22.9 Å². The molecule has 1 aromatic heterocycles. The molecule has 2 N–H and O–H groups in total. The maximum atomic E-state index is 12.5. The third-order valence-corrected chi connectivity index (χ3v) is 8.16. The van der Waals surface area contributed by atoms with Gasteiger partial charge in [-0.2, -0.15) is 0 Å². The van der Waals surface area contributed by atoms with Crippen molar-refractivity contribution >= 4 is 33.0 Å². The number of sulfonamides is 1. The van der Waals surface area contributed by atoms with Crippen LogP contribution in [0.25, 0.3) is 0 Å². The van der Waals surface area contributed by atoms with Gasteiger partial charge in [0.05, 0.1) is 10.9 Å². The standard InChI is InChI=1S/C14H20ClNO3S2/c15-12-4-5-13(20-12)21(18,19)16-11-7-10-3-1-2-6-14(11,8-10)9-17/h4-5,10-11,16-17H,1-3,6-9H2. The van der Waals surface area contributed by atoms with Crippen molar-refractivity contribution in [1.29, 1.82) is 0 Å². The molecule has 0 aromatic carbocycles. The van der Waals surface area contributed by atoms with Crippen molar-refractivity contribution in [2.75, 3.05) is 6.61 Å². The molecule has 4 nitrogen and oxygen atoms in total. The smallest absolute Gasteiger partial charge is 0.250 e. The number of thiophene rings is 1. The SMILES string of the molecule is O=S(=O)(NC1CC2CCCCC1(CO)C2)c1ccc(Cl)s1. The molecule has 0 radical (unpaired) electrons. The second-order valence-corrected chi connectivity index (χ2v) is 9.96. The fraction of sp³-hybridized carbons (Fsp3) is 0.714. The van der Waals surface area contributed by atoms with E-state index in [4.69, 9.17) is 11.6 Å². The number of hydrogen-bond donors (Lipinski definition) is 2. The average molecular weight is 350 g/mol. The van der Waals surface area contributed by atoms with E-state index in [1.54, 1.807) is 6.07 Å². The van der Waals surface area contributed by atoms with Crippen LogP contribution in [-0.2, 0) is 10.0 Å². The average Bonchev–Trinajstić information content (AvgIpc) is 2.92. The molecule has 1 aromatic rings. The van der Waals surface area contributed by atoms with Gasteiger partial charge >= 0.3 is 0 Å². The molecule has 2 aliphatic rings. The fourth-order valence-electron chi connectivity index (χ4n) is 3.90. The van der Waals surface area contributed by atoms with Gasteiger partial charge in [-0.05, 0) is 37.3 Å². The zero-order chi connectivity index (χ0) is 15.1. The van der Waals surface area contributed by atoms with Gasteiger partial charge in [-0.1, -0.05) is 30.9 Å². The van der Waals surface area contributed by atoms with Crippen molar-refractivity contribution < 1.29 is 13.5 Å². The first-order valence-electron chi connectivity index (χ1n) is 7.34. The zero-order valence-electron chi connectivity index (χ0n) is 11.7. The maximum absolute atomic E-state index is 12.5. The van der Waals surface area contributed by atoms with Gasteiger partial charge in [-0.25, -0.2) is 13.1 Å². The highest BCUT2D eigenvalue weighted by Gasteiger charge is 2.49. The Morgan fingerprint density at radius 1 is 1.43 bits per heavy atom. The maximum Gasteiger partial charge on any atom is 0.250 e. The Balaban J connectivity index is 1.84. The van der Waals surface area contributed by atoms with Crippen molar-refractivity contribution in [2.24, 2.45) is 11.3 Å². The minimum atomic E-state index is -3.55. The summed E-state index contributed by atoms with van der Waals surface area (Å²) < 4.78 is 28.5. The molecule has 3 rings (SSSR count). The van der Waals surface area contributed by atoms with Gasteiger partial charge in [-0.15, -0.1) is 11.3 Å². The van der Waals surface area contributed by atoms with E-state index in [1.165, 1.54) is 12.5 Å². The van der Waals surface area contributed by atoms with E-state index in [-0.39, 0.29) is 22.3 Å². The minimum absolute atomic E-state index is 0.0574. The topological polar surface area (TPSA) is 66.4 Å². The van der Waals surface area contributed by atoms with Gasteiger partial charge in [-0.3, -0.25) is 0 Å². The van der Waals surface area contributed by atoms with E-state index >= 15 is 0 Å². The molecule has 1 heterocycles. The second-order valence-electron chi connectivity index (χ2n) is 6.30. The molecule has 0 saturated heterocycles. The molecule has 0 amide bonds. The summed E-state index contributed by atoms with van der Waals surface area (Å²) >= 11 is 6.90. The Morgan fingerprint density at radius 3 is 2.90 bits per heavy atom. The molecule has 118 valence electrons. The first-order valence-corrected chi connectivity index (χ1v) is 10.0. The van der Waals surface area contributed by atoms with Crippen molar-refractivity contribution in [3.63, 3.8) is 0 Å². The third kappa shape index (κ3) is 3.01. The monoisotopic (exact) mass is 349 g/mol. The van der Waals surface area contributed by atoms with Crippen molar-refractivity contribution in [3.8, 4) is 0 Å². The van der Waals surface area contributed by atoms with Crippen LogP contribution in [0.4, 0.5) is 0 Å². The Labute approximate surface area is 134 Å². The van der Waals surface area contributed by atoms with E-state index in [9.17, 15) is 13.5 Å². The van der Waals surface area contributed by atoms with Crippen LogP contribution in [0.2, 0.25) is 4.34 Å². The molecule has 0 aliphatic heterocycles. The quantitative estimate of drug-likeness (QED) is 0.878. The summed E-state index contributed by atoms with van der Waals surface area (Å²) in [5.41, 5.74) is -0.282. The number of hydrogen-bond acceptors (Lipinski definition) is 4.